The molecular formula is C26H23N3O4. The van der Waals surface area contributed by atoms with Crippen LogP contribution in [0.25, 0.3) is 17.2 Å². The van der Waals surface area contributed by atoms with Crippen LogP contribution in [0.1, 0.15) is 16.7 Å². The van der Waals surface area contributed by atoms with E-state index in [0.29, 0.717) is 17.1 Å². The number of nitriles is 1. The number of rotatable bonds is 7. The molecule has 2 amide bonds. The fourth-order valence-corrected chi connectivity index (χ4v) is 2.99. The van der Waals surface area contributed by atoms with Crippen molar-refractivity contribution in [2.45, 2.75) is 6.92 Å². The van der Waals surface area contributed by atoms with E-state index in [1.807, 2.05) is 49.4 Å². The molecule has 3 aromatic carbocycles. The van der Waals surface area contributed by atoms with Crippen LogP contribution >= 0.6 is 0 Å². The van der Waals surface area contributed by atoms with Crippen molar-refractivity contribution in [1.82, 2.24) is 10.9 Å². The molecule has 0 saturated heterocycles. The van der Waals surface area contributed by atoms with Crippen LogP contribution in [-0.2, 0) is 9.59 Å². The largest absolute Gasteiger partial charge is 0.496 e. The van der Waals surface area contributed by atoms with E-state index in [2.05, 4.69) is 16.9 Å². The zero-order valence-electron chi connectivity index (χ0n) is 18.3. The van der Waals surface area contributed by atoms with Crippen molar-refractivity contribution in [1.29, 1.82) is 5.26 Å². The highest BCUT2D eigenvalue weighted by molar-refractivity contribution is 5.93. The molecule has 0 radical (unpaired) electrons. The molecule has 3 aromatic rings. The van der Waals surface area contributed by atoms with Gasteiger partial charge in [-0.3, -0.25) is 20.4 Å². The summed E-state index contributed by atoms with van der Waals surface area (Å²) >= 11 is 0. The lowest BCUT2D eigenvalue weighted by molar-refractivity contribution is -0.128. The second kappa shape index (κ2) is 11.2. The standard InChI is InChI=1S/C26H23N3O4/c1-18-3-13-24(32-2)22(15-18)10-14-25(30)28-29-26(31)17-33-23-11-8-21(9-12-23)20-6-4-19(16-27)5-7-20/h3-15H,17H2,1-2H3,(H,28,30)(H,29,31)/b14-10+. The first-order valence-electron chi connectivity index (χ1n) is 10.1. The highest BCUT2D eigenvalue weighted by Gasteiger charge is 2.06. The normalized spacial score (nSPS) is 10.3. The summed E-state index contributed by atoms with van der Waals surface area (Å²) in [6, 6.07) is 22.2. The third kappa shape index (κ3) is 6.71. The van der Waals surface area contributed by atoms with E-state index in [1.54, 1.807) is 37.5 Å². The summed E-state index contributed by atoms with van der Waals surface area (Å²) in [6.45, 7) is 1.68. The number of hydrogen-bond acceptors (Lipinski definition) is 5. The van der Waals surface area contributed by atoms with Gasteiger partial charge in [0.2, 0.25) is 0 Å². The second-order valence-electron chi connectivity index (χ2n) is 7.12. The number of aryl methyl sites for hydroxylation is 1. The van der Waals surface area contributed by atoms with Gasteiger partial charge in [0.1, 0.15) is 11.5 Å². The summed E-state index contributed by atoms with van der Waals surface area (Å²) in [6.07, 6.45) is 2.92. The Morgan fingerprint density at radius 3 is 2.27 bits per heavy atom. The number of ether oxygens (including phenoxy) is 2. The van der Waals surface area contributed by atoms with Crippen LogP contribution in [0, 0.1) is 18.3 Å². The Hall–Kier alpha value is -4.57. The van der Waals surface area contributed by atoms with E-state index < -0.39 is 11.8 Å². The van der Waals surface area contributed by atoms with Gasteiger partial charge >= 0.3 is 0 Å². The van der Waals surface area contributed by atoms with Crippen LogP contribution in [-0.4, -0.2) is 25.5 Å². The summed E-state index contributed by atoms with van der Waals surface area (Å²) < 4.78 is 10.7. The molecule has 0 bridgehead atoms. The van der Waals surface area contributed by atoms with Crippen molar-refractivity contribution in [3.8, 4) is 28.7 Å². The molecule has 0 heterocycles. The number of hydrogen-bond donors (Lipinski definition) is 2. The predicted molar refractivity (Wildman–Crippen MR) is 125 cm³/mol. The van der Waals surface area contributed by atoms with Crippen LogP contribution in [0.5, 0.6) is 11.5 Å². The van der Waals surface area contributed by atoms with Crippen molar-refractivity contribution in [2.24, 2.45) is 0 Å². The molecule has 0 unspecified atom stereocenters. The van der Waals surface area contributed by atoms with E-state index >= 15 is 0 Å². The number of amides is 2. The molecule has 0 fully saturated rings. The van der Waals surface area contributed by atoms with E-state index in [4.69, 9.17) is 14.7 Å². The zero-order chi connectivity index (χ0) is 23.6. The van der Waals surface area contributed by atoms with Crippen molar-refractivity contribution < 1.29 is 19.1 Å². The average Bonchev–Trinajstić information content (AvgIpc) is 2.85. The highest BCUT2D eigenvalue weighted by Crippen LogP contribution is 2.23. The SMILES string of the molecule is COc1ccc(C)cc1/C=C/C(=O)NNC(=O)COc1ccc(-c2ccc(C#N)cc2)cc1. The monoisotopic (exact) mass is 441 g/mol. The Morgan fingerprint density at radius 2 is 1.64 bits per heavy atom. The molecule has 3 rings (SSSR count). The first kappa shape index (κ1) is 23.1. The van der Waals surface area contributed by atoms with Gasteiger partial charge in [-0.05, 0) is 60.5 Å². The Morgan fingerprint density at radius 1 is 0.970 bits per heavy atom. The Kier molecular flexibility index (Phi) is 7.81. The number of nitrogens with one attached hydrogen (secondary N) is 2. The van der Waals surface area contributed by atoms with Gasteiger partial charge in [-0.1, -0.05) is 35.9 Å². The van der Waals surface area contributed by atoms with Gasteiger partial charge < -0.3 is 9.47 Å². The number of hydrazine groups is 1. The van der Waals surface area contributed by atoms with E-state index in [0.717, 1.165) is 22.3 Å². The van der Waals surface area contributed by atoms with Crippen LogP contribution in [0.3, 0.4) is 0 Å². The van der Waals surface area contributed by atoms with Crippen molar-refractivity contribution in [3.05, 3.63) is 89.5 Å². The number of methoxy groups -OCH3 is 1. The third-order valence-corrected chi connectivity index (χ3v) is 4.70. The van der Waals surface area contributed by atoms with Gasteiger partial charge in [-0.15, -0.1) is 0 Å². The van der Waals surface area contributed by atoms with Crippen LogP contribution in [0.15, 0.2) is 72.8 Å². The van der Waals surface area contributed by atoms with E-state index in [-0.39, 0.29) is 6.61 Å². The summed E-state index contributed by atoms with van der Waals surface area (Å²) in [5.41, 5.74) is 8.93. The predicted octanol–water partition coefficient (Wildman–Crippen LogP) is 3.78. The molecule has 2 N–H and O–H groups in total. The summed E-state index contributed by atoms with van der Waals surface area (Å²) in [4.78, 5) is 23.9. The van der Waals surface area contributed by atoms with Crippen molar-refractivity contribution in [3.63, 3.8) is 0 Å². The maximum absolute atomic E-state index is 12.0. The van der Waals surface area contributed by atoms with Gasteiger partial charge in [-0.25, -0.2) is 0 Å². The molecule has 0 aliphatic heterocycles. The fraction of sp³-hybridized carbons (Fsp3) is 0.115. The summed E-state index contributed by atoms with van der Waals surface area (Å²) in [7, 11) is 1.56. The fourth-order valence-electron chi connectivity index (χ4n) is 2.99. The number of nitrogens with zero attached hydrogens (tertiary/aromatic N) is 1. The molecule has 0 aliphatic carbocycles. The molecule has 7 heteroatoms. The van der Waals surface area contributed by atoms with Gasteiger partial charge in [0.25, 0.3) is 11.8 Å². The lowest BCUT2D eigenvalue weighted by Crippen LogP contribution is -2.43. The molecule has 0 spiro atoms. The third-order valence-electron chi connectivity index (χ3n) is 4.70. The second-order valence-corrected chi connectivity index (χ2v) is 7.12. The van der Waals surface area contributed by atoms with Crippen LogP contribution in [0.2, 0.25) is 0 Å². The zero-order valence-corrected chi connectivity index (χ0v) is 18.3. The first-order valence-corrected chi connectivity index (χ1v) is 10.1. The van der Waals surface area contributed by atoms with Crippen LogP contribution < -0.4 is 20.3 Å². The maximum Gasteiger partial charge on any atom is 0.276 e. The van der Waals surface area contributed by atoms with Crippen LogP contribution in [0.4, 0.5) is 0 Å². The molecule has 7 nitrogen and oxygen atoms in total. The minimum Gasteiger partial charge on any atom is -0.496 e. The molecular weight excluding hydrogens is 418 g/mol. The molecule has 0 saturated carbocycles. The number of benzene rings is 3. The lowest BCUT2D eigenvalue weighted by Gasteiger charge is -2.09. The first-order chi connectivity index (χ1) is 16.0. The quantitative estimate of drug-likeness (QED) is 0.429. The minimum atomic E-state index is -0.499. The Bertz CT molecular complexity index is 1190. The lowest BCUT2D eigenvalue weighted by atomic mass is 10.0. The smallest absolute Gasteiger partial charge is 0.276 e. The molecule has 0 atom stereocenters. The van der Waals surface area contributed by atoms with E-state index in [1.165, 1.54) is 6.08 Å². The molecule has 0 aliphatic rings. The average molecular weight is 441 g/mol. The van der Waals surface area contributed by atoms with Gasteiger partial charge in [0.05, 0.1) is 18.7 Å². The topological polar surface area (TPSA) is 100 Å². The number of carbonyl (C=O) groups is 2. The van der Waals surface area contributed by atoms with E-state index in [9.17, 15) is 9.59 Å². The maximum atomic E-state index is 12.0. The molecule has 166 valence electrons. The minimum absolute atomic E-state index is 0.258. The van der Waals surface area contributed by atoms with Crippen molar-refractivity contribution >= 4 is 17.9 Å². The van der Waals surface area contributed by atoms with Gasteiger partial charge in [0.15, 0.2) is 6.61 Å². The van der Waals surface area contributed by atoms with Gasteiger partial charge in [-0.2, -0.15) is 5.26 Å². The molecule has 33 heavy (non-hydrogen) atoms. The Labute approximate surface area is 192 Å². The summed E-state index contributed by atoms with van der Waals surface area (Å²) in [5.74, 6) is 0.173. The van der Waals surface area contributed by atoms with Crippen molar-refractivity contribution in [2.75, 3.05) is 13.7 Å². The van der Waals surface area contributed by atoms with Gasteiger partial charge in [0, 0.05) is 11.6 Å². The Balaban J connectivity index is 1.46. The molecule has 0 aromatic heterocycles. The summed E-state index contributed by atoms with van der Waals surface area (Å²) in [5, 5.41) is 8.88. The number of carbonyl (C=O) groups excluding carboxylic acids is 2. The highest BCUT2D eigenvalue weighted by atomic mass is 16.5.